The third-order valence-corrected chi connectivity index (χ3v) is 9.28. The van der Waals surface area contributed by atoms with E-state index in [-0.39, 0.29) is 43.5 Å². The maximum absolute atomic E-state index is 13.8. The predicted octanol–water partition coefficient (Wildman–Crippen LogP) is 3.78. The van der Waals surface area contributed by atoms with Crippen LogP contribution in [0.5, 0.6) is 0 Å². The minimum absolute atomic E-state index is 0.0853. The largest absolute Gasteiger partial charge is 0.458 e. The number of benzene rings is 1. The van der Waals surface area contributed by atoms with Gasteiger partial charge in [0.1, 0.15) is 12.7 Å². The van der Waals surface area contributed by atoms with E-state index in [1.807, 2.05) is 26.8 Å². The number of hydrogen-bond acceptors (Lipinski definition) is 7. The van der Waals surface area contributed by atoms with E-state index >= 15 is 0 Å². The van der Waals surface area contributed by atoms with E-state index < -0.39 is 23.3 Å². The lowest BCUT2D eigenvalue weighted by molar-refractivity contribution is -0.172. The lowest BCUT2D eigenvalue weighted by Gasteiger charge is -2.31. The van der Waals surface area contributed by atoms with Crippen molar-refractivity contribution in [3.8, 4) is 11.4 Å². The van der Waals surface area contributed by atoms with Gasteiger partial charge in [0.25, 0.3) is 5.56 Å². The number of nitrogens with zero attached hydrogens (tertiary/aromatic N) is 2. The highest BCUT2D eigenvalue weighted by Gasteiger charge is 2.46. The number of carbonyl (C=O) groups excluding carboxylic acids is 2. The first-order valence-electron chi connectivity index (χ1n) is 15.1. The number of rotatable bonds is 6. The molecule has 2 aliphatic heterocycles. The monoisotopic (exact) mass is 571 g/mol. The summed E-state index contributed by atoms with van der Waals surface area (Å²) in [5, 5.41) is 15.5. The summed E-state index contributed by atoms with van der Waals surface area (Å²) in [7, 11) is 0. The normalized spacial score (nSPS) is 21.4. The number of carbonyl (C=O) groups is 2. The van der Waals surface area contributed by atoms with Crippen LogP contribution in [-0.4, -0.2) is 38.2 Å². The molecule has 42 heavy (non-hydrogen) atoms. The molecule has 4 aliphatic rings. The standard InChI is InChI=1S/C33H37N3O6/c1-5-33(40)23-13-25-27-21(15-36(25)30(38)22(23)16-41-31(33)39)20(26-19-8-6-7-17(19)11-12-24(26)35-27)14-34-29(37)28(18-9-10-18)42-32(2,3)4/h11-13,18,28,40H,5-10,14-16H2,1-4H3,(H,34,37)/t28?,33-/m0/s1. The zero-order chi connectivity index (χ0) is 29.6. The molecule has 1 saturated carbocycles. The molecule has 1 fully saturated rings. The average molecular weight is 572 g/mol. The molecule has 0 radical (unpaired) electrons. The van der Waals surface area contributed by atoms with Crippen LogP contribution >= 0.6 is 0 Å². The molecule has 0 saturated heterocycles. The first-order valence-corrected chi connectivity index (χ1v) is 15.1. The van der Waals surface area contributed by atoms with Crippen LogP contribution < -0.4 is 10.9 Å². The summed E-state index contributed by atoms with van der Waals surface area (Å²) in [4.78, 5) is 45.0. The Hall–Kier alpha value is -3.56. The van der Waals surface area contributed by atoms with Gasteiger partial charge in [-0.1, -0.05) is 13.0 Å². The number of nitrogens with one attached hydrogen (secondary N) is 1. The van der Waals surface area contributed by atoms with Crippen LogP contribution in [0.25, 0.3) is 22.3 Å². The summed E-state index contributed by atoms with van der Waals surface area (Å²) in [6, 6.07) is 5.90. The SMILES string of the molecule is CC[C@@]1(O)C(=O)OCc2c1cc1n(c2=O)Cc2c-1nc1ccc3c(c1c2CNC(=O)C(OC(C)(C)C)C1CC1)CCC3. The highest BCUT2D eigenvalue weighted by atomic mass is 16.6. The van der Waals surface area contributed by atoms with E-state index in [4.69, 9.17) is 14.5 Å². The second-order valence-corrected chi connectivity index (χ2v) is 13.2. The van der Waals surface area contributed by atoms with Crippen molar-refractivity contribution in [2.24, 2.45) is 5.92 Å². The van der Waals surface area contributed by atoms with Crippen LogP contribution in [-0.2, 0) is 57.2 Å². The third kappa shape index (κ3) is 4.20. The second kappa shape index (κ2) is 9.47. The Bertz CT molecular complexity index is 1730. The minimum atomic E-state index is -1.88. The number of aliphatic hydroxyl groups is 1. The van der Waals surface area contributed by atoms with Gasteiger partial charge in [-0.15, -0.1) is 0 Å². The molecule has 3 aromatic rings. The Labute approximate surface area is 244 Å². The molecule has 1 amide bonds. The van der Waals surface area contributed by atoms with Crippen molar-refractivity contribution in [3.63, 3.8) is 0 Å². The number of aryl methyl sites for hydroxylation is 2. The summed E-state index contributed by atoms with van der Waals surface area (Å²) in [5.41, 5.74) is 4.40. The van der Waals surface area contributed by atoms with E-state index in [2.05, 4.69) is 11.4 Å². The van der Waals surface area contributed by atoms with Crippen LogP contribution in [0.1, 0.15) is 86.8 Å². The summed E-state index contributed by atoms with van der Waals surface area (Å²) in [6.45, 7) is 8.00. The fourth-order valence-corrected chi connectivity index (χ4v) is 6.97. The number of aromatic nitrogens is 2. The van der Waals surface area contributed by atoms with Gasteiger partial charge in [-0.25, -0.2) is 9.78 Å². The lowest BCUT2D eigenvalue weighted by Crippen LogP contribution is -2.44. The van der Waals surface area contributed by atoms with Crippen molar-refractivity contribution < 1.29 is 24.2 Å². The van der Waals surface area contributed by atoms with E-state index in [0.717, 1.165) is 54.1 Å². The average Bonchev–Trinajstić information content (AvgIpc) is 3.56. The molecule has 9 heteroatoms. The van der Waals surface area contributed by atoms with Crippen molar-refractivity contribution >= 4 is 22.8 Å². The minimum Gasteiger partial charge on any atom is -0.458 e. The molecule has 2 atom stereocenters. The summed E-state index contributed by atoms with van der Waals surface area (Å²) >= 11 is 0. The Morgan fingerprint density at radius 2 is 2.00 bits per heavy atom. The van der Waals surface area contributed by atoms with Crippen molar-refractivity contribution in [3.05, 3.63) is 61.9 Å². The number of fused-ring (bicyclic) bond motifs is 7. The van der Waals surface area contributed by atoms with Gasteiger partial charge in [0, 0.05) is 23.1 Å². The van der Waals surface area contributed by atoms with E-state index in [0.29, 0.717) is 22.5 Å². The van der Waals surface area contributed by atoms with Crippen LogP contribution in [0.4, 0.5) is 0 Å². The van der Waals surface area contributed by atoms with Crippen LogP contribution in [0.3, 0.4) is 0 Å². The van der Waals surface area contributed by atoms with Gasteiger partial charge in [-0.3, -0.25) is 9.59 Å². The predicted molar refractivity (Wildman–Crippen MR) is 156 cm³/mol. The van der Waals surface area contributed by atoms with E-state index in [1.165, 1.54) is 11.1 Å². The van der Waals surface area contributed by atoms with Crippen molar-refractivity contribution in [1.82, 2.24) is 14.9 Å². The number of hydrogen-bond donors (Lipinski definition) is 2. The fourth-order valence-electron chi connectivity index (χ4n) is 6.97. The van der Waals surface area contributed by atoms with Gasteiger partial charge in [0.15, 0.2) is 5.60 Å². The van der Waals surface area contributed by atoms with Gasteiger partial charge >= 0.3 is 5.97 Å². The smallest absolute Gasteiger partial charge is 0.343 e. The molecule has 1 unspecified atom stereocenters. The molecule has 2 aromatic heterocycles. The summed E-state index contributed by atoms with van der Waals surface area (Å²) < 4.78 is 13.1. The maximum Gasteiger partial charge on any atom is 0.343 e. The summed E-state index contributed by atoms with van der Waals surface area (Å²) in [6.07, 6.45) is 4.55. The molecule has 220 valence electrons. The maximum atomic E-state index is 13.8. The van der Waals surface area contributed by atoms with Crippen molar-refractivity contribution in [1.29, 1.82) is 0 Å². The molecule has 7 rings (SSSR count). The van der Waals surface area contributed by atoms with Gasteiger partial charge in [-0.2, -0.15) is 0 Å². The highest BCUT2D eigenvalue weighted by molar-refractivity contribution is 5.93. The molecule has 2 N–H and O–H groups in total. The van der Waals surface area contributed by atoms with E-state index in [9.17, 15) is 19.5 Å². The van der Waals surface area contributed by atoms with Gasteiger partial charge < -0.3 is 24.5 Å². The van der Waals surface area contributed by atoms with Gasteiger partial charge in [0.2, 0.25) is 5.91 Å². The van der Waals surface area contributed by atoms with Crippen molar-refractivity contribution in [2.45, 2.75) is 103 Å². The summed E-state index contributed by atoms with van der Waals surface area (Å²) in [5.74, 6) is -0.636. The van der Waals surface area contributed by atoms with Gasteiger partial charge in [0.05, 0.1) is 34.6 Å². The lowest BCUT2D eigenvalue weighted by atomic mass is 9.86. The topological polar surface area (TPSA) is 120 Å². The Balaban J connectivity index is 1.36. The molecule has 0 bridgehead atoms. The zero-order valence-corrected chi connectivity index (χ0v) is 24.6. The fraction of sp³-hybridized carbons (Fsp3) is 0.515. The Morgan fingerprint density at radius 1 is 1.21 bits per heavy atom. The number of amides is 1. The first-order chi connectivity index (χ1) is 20.0. The Morgan fingerprint density at radius 3 is 2.71 bits per heavy atom. The zero-order valence-electron chi connectivity index (χ0n) is 24.6. The van der Waals surface area contributed by atoms with Crippen LogP contribution in [0.15, 0.2) is 23.0 Å². The molecular weight excluding hydrogens is 534 g/mol. The first kappa shape index (κ1) is 27.3. The molecular formula is C33H37N3O6. The Kier molecular flexibility index (Phi) is 6.15. The van der Waals surface area contributed by atoms with Crippen LogP contribution in [0.2, 0.25) is 0 Å². The van der Waals surface area contributed by atoms with Crippen molar-refractivity contribution in [2.75, 3.05) is 0 Å². The second-order valence-electron chi connectivity index (χ2n) is 13.2. The van der Waals surface area contributed by atoms with E-state index in [1.54, 1.807) is 17.6 Å². The third-order valence-electron chi connectivity index (χ3n) is 9.28. The number of esters is 1. The molecule has 0 spiro atoms. The number of cyclic esters (lactones) is 1. The molecule has 2 aliphatic carbocycles. The van der Waals surface area contributed by atoms with Crippen LogP contribution in [0, 0.1) is 5.92 Å². The van der Waals surface area contributed by atoms with Gasteiger partial charge in [-0.05, 0) is 94.0 Å². The number of pyridine rings is 2. The molecule has 9 nitrogen and oxygen atoms in total. The number of ether oxygens (including phenoxy) is 2. The molecule has 1 aromatic carbocycles. The molecule has 4 heterocycles. The quantitative estimate of drug-likeness (QED) is 0.338. The highest BCUT2D eigenvalue weighted by Crippen LogP contribution is 2.42.